The lowest BCUT2D eigenvalue weighted by Crippen LogP contribution is -2.26. The number of hydrogen-bond acceptors (Lipinski definition) is 6. The monoisotopic (exact) mass is 307 g/mol. The van der Waals surface area contributed by atoms with Crippen molar-refractivity contribution in [1.82, 2.24) is 5.32 Å². The molecule has 0 aliphatic carbocycles. The molecule has 1 heterocycles. The Kier molecular flexibility index (Phi) is 5.59. The lowest BCUT2D eigenvalue weighted by molar-refractivity contribution is -0.133. The van der Waals surface area contributed by atoms with Gasteiger partial charge in [-0.15, -0.1) is 11.3 Å². The molecule has 1 aromatic carbocycles. The number of carbonyl (C=O) groups is 1. The van der Waals surface area contributed by atoms with Gasteiger partial charge in [-0.2, -0.15) is 0 Å². The van der Waals surface area contributed by atoms with E-state index in [1.54, 1.807) is 26.4 Å². The van der Waals surface area contributed by atoms with Gasteiger partial charge in [0, 0.05) is 18.2 Å². The molecule has 1 N–H and O–H groups in total. The molecule has 0 saturated carbocycles. The number of hydrogen-bond donors (Lipinski definition) is 1. The SMILES string of the molecule is COc1ccc(CNCC(=O)Oc2cccs2)c(OC)c1. The molecule has 112 valence electrons. The highest BCUT2D eigenvalue weighted by Crippen LogP contribution is 2.24. The maximum absolute atomic E-state index is 11.6. The van der Waals surface area contributed by atoms with Crippen LogP contribution in [0.4, 0.5) is 0 Å². The van der Waals surface area contributed by atoms with E-state index in [4.69, 9.17) is 14.2 Å². The summed E-state index contributed by atoms with van der Waals surface area (Å²) in [5.74, 6) is 1.13. The third kappa shape index (κ3) is 4.47. The van der Waals surface area contributed by atoms with Gasteiger partial charge in [-0.25, -0.2) is 0 Å². The Morgan fingerprint density at radius 1 is 1.24 bits per heavy atom. The Morgan fingerprint density at radius 3 is 2.76 bits per heavy atom. The second kappa shape index (κ2) is 7.66. The molecule has 0 amide bonds. The highest BCUT2D eigenvalue weighted by molar-refractivity contribution is 7.11. The summed E-state index contributed by atoms with van der Waals surface area (Å²) in [5, 5.41) is 5.50. The molecule has 0 fully saturated rings. The molecule has 0 aliphatic heterocycles. The Morgan fingerprint density at radius 2 is 2.10 bits per heavy atom. The van der Waals surface area contributed by atoms with Crippen LogP contribution in [0.1, 0.15) is 5.56 Å². The minimum atomic E-state index is -0.315. The number of methoxy groups -OCH3 is 2. The molecular formula is C15H17NO4S. The topological polar surface area (TPSA) is 56.8 Å². The summed E-state index contributed by atoms with van der Waals surface area (Å²) in [7, 11) is 3.20. The van der Waals surface area contributed by atoms with E-state index < -0.39 is 0 Å². The van der Waals surface area contributed by atoms with Crippen LogP contribution >= 0.6 is 11.3 Å². The summed E-state index contributed by atoms with van der Waals surface area (Å²) in [5.41, 5.74) is 0.947. The number of ether oxygens (including phenoxy) is 3. The normalized spacial score (nSPS) is 10.2. The van der Waals surface area contributed by atoms with Crippen LogP contribution in [-0.2, 0) is 11.3 Å². The van der Waals surface area contributed by atoms with Crippen LogP contribution in [0.3, 0.4) is 0 Å². The first-order chi connectivity index (χ1) is 10.2. The van der Waals surface area contributed by atoms with E-state index in [-0.39, 0.29) is 12.5 Å². The number of thiophene rings is 1. The predicted molar refractivity (Wildman–Crippen MR) is 81.2 cm³/mol. The molecule has 0 bridgehead atoms. The van der Waals surface area contributed by atoms with E-state index in [1.165, 1.54) is 11.3 Å². The first-order valence-electron chi connectivity index (χ1n) is 6.38. The van der Waals surface area contributed by atoms with Crippen molar-refractivity contribution in [2.75, 3.05) is 20.8 Å². The van der Waals surface area contributed by atoms with Gasteiger partial charge >= 0.3 is 5.97 Å². The van der Waals surface area contributed by atoms with Gasteiger partial charge in [0.05, 0.1) is 20.8 Å². The fraction of sp³-hybridized carbons (Fsp3) is 0.267. The second-order valence-corrected chi connectivity index (χ2v) is 5.10. The average Bonchev–Trinajstić information content (AvgIpc) is 3.00. The summed E-state index contributed by atoms with van der Waals surface area (Å²) < 4.78 is 15.6. The van der Waals surface area contributed by atoms with E-state index in [0.717, 1.165) is 11.3 Å². The molecule has 0 spiro atoms. The van der Waals surface area contributed by atoms with Gasteiger partial charge < -0.3 is 19.5 Å². The highest BCUT2D eigenvalue weighted by atomic mass is 32.1. The van der Waals surface area contributed by atoms with Crippen LogP contribution in [0.2, 0.25) is 0 Å². The molecule has 0 aliphatic rings. The zero-order valence-corrected chi connectivity index (χ0v) is 12.7. The van der Waals surface area contributed by atoms with Crippen LogP contribution in [0.15, 0.2) is 35.7 Å². The molecular weight excluding hydrogens is 290 g/mol. The second-order valence-electron chi connectivity index (χ2n) is 4.19. The maximum Gasteiger partial charge on any atom is 0.326 e. The van der Waals surface area contributed by atoms with Crippen LogP contribution < -0.4 is 19.5 Å². The van der Waals surface area contributed by atoms with Crippen molar-refractivity contribution in [3.8, 4) is 16.6 Å². The quantitative estimate of drug-likeness (QED) is 0.796. The third-order valence-corrected chi connectivity index (χ3v) is 3.53. The Labute approximate surface area is 127 Å². The number of nitrogens with one attached hydrogen (secondary N) is 1. The van der Waals surface area contributed by atoms with E-state index in [2.05, 4.69) is 5.32 Å². The van der Waals surface area contributed by atoms with Crippen LogP contribution in [0, 0.1) is 0 Å². The van der Waals surface area contributed by atoms with Crippen molar-refractivity contribution in [3.05, 3.63) is 41.3 Å². The van der Waals surface area contributed by atoms with E-state index in [0.29, 0.717) is 17.4 Å². The fourth-order valence-electron chi connectivity index (χ4n) is 1.77. The first kappa shape index (κ1) is 15.3. The molecule has 0 saturated heterocycles. The van der Waals surface area contributed by atoms with Gasteiger partial charge in [-0.1, -0.05) is 6.07 Å². The number of benzene rings is 1. The van der Waals surface area contributed by atoms with Crippen molar-refractivity contribution < 1.29 is 19.0 Å². The van der Waals surface area contributed by atoms with Gasteiger partial charge in [-0.3, -0.25) is 4.79 Å². The lowest BCUT2D eigenvalue weighted by Gasteiger charge is -2.11. The van der Waals surface area contributed by atoms with E-state index >= 15 is 0 Å². The summed E-state index contributed by atoms with van der Waals surface area (Å²) in [6.07, 6.45) is 0. The largest absolute Gasteiger partial charge is 0.497 e. The summed E-state index contributed by atoms with van der Waals surface area (Å²) in [4.78, 5) is 11.6. The molecule has 0 unspecified atom stereocenters. The Bertz CT molecular complexity index is 583. The molecule has 0 atom stereocenters. The van der Waals surface area contributed by atoms with Crippen molar-refractivity contribution in [2.45, 2.75) is 6.54 Å². The number of carbonyl (C=O) groups excluding carboxylic acids is 1. The fourth-order valence-corrected chi connectivity index (χ4v) is 2.36. The van der Waals surface area contributed by atoms with Gasteiger partial charge in [0.1, 0.15) is 11.5 Å². The molecule has 6 heteroatoms. The van der Waals surface area contributed by atoms with Gasteiger partial charge in [-0.05, 0) is 23.6 Å². The Hall–Kier alpha value is -2.05. The third-order valence-electron chi connectivity index (χ3n) is 2.79. The van der Waals surface area contributed by atoms with Crippen molar-refractivity contribution in [1.29, 1.82) is 0 Å². The summed E-state index contributed by atoms with van der Waals surface area (Å²) in [6.45, 7) is 0.639. The molecule has 21 heavy (non-hydrogen) atoms. The minimum Gasteiger partial charge on any atom is -0.497 e. The standard InChI is InChI=1S/C15H17NO4S/c1-18-12-6-5-11(13(8-12)19-2)9-16-10-14(17)20-15-4-3-7-21-15/h3-8,16H,9-10H2,1-2H3. The van der Waals surface area contributed by atoms with Crippen molar-refractivity contribution >= 4 is 17.3 Å². The predicted octanol–water partition coefficient (Wildman–Crippen LogP) is 2.46. The molecule has 1 aromatic heterocycles. The average molecular weight is 307 g/mol. The van der Waals surface area contributed by atoms with Gasteiger partial charge in [0.25, 0.3) is 0 Å². The summed E-state index contributed by atoms with van der Waals surface area (Å²) in [6, 6.07) is 9.15. The number of rotatable bonds is 7. The van der Waals surface area contributed by atoms with E-state index in [1.807, 2.05) is 23.6 Å². The first-order valence-corrected chi connectivity index (χ1v) is 7.26. The van der Waals surface area contributed by atoms with Crippen LogP contribution in [0.5, 0.6) is 16.6 Å². The van der Waals surface area contributed by atoms with Gasteiger partial charge in [0.15, 0.2) is 5.06 Å². The zero-order chi connectivity index (χ0) is 15.1. The van der Waals surface area contributed by atoms with Gasteiger partial charge in [0.2, 0.25) is 0 Å². The molecule has 2 aromatic rings. The minimum absolute atomic E-state index is 0.132. The smallest absolute Gasteiger partial charge is 0.326 e. The lowest BCUT2D eigenvalue weighted by atomic mass is 10.2. The highest BCUT2D eigenvalue weighted by Gasteiger charge is 2.08. The maximum atomic E-state index is 11.6. The molecule has 2 rings (SSSR count). The van der Waals surface area contributed by atoms with Crippen molar-refractivity contribution in [3.63, 3.8) is 0 Å². The van der Waals surface area contributed by atoms with Crippen molar-refractivity contribution in [2.24, 2.45) is 0 Å². The summed E-state index contributed by atoms with van der Waals surface area (Å²) >= 11 is 1.39. The molecule has 5 nitrogen and oxygen atoms in total. The molecule has 0 radical (unpaired) electrons. The number of esters is 1. The van der Waals surface area contributed by atoms with Crippen LogP contribution in [-0.4, -0.2) is 26.7 Å². The Balaban J connectivity index is 1.84. The zero-order valence-electron chi connectivity index (χ0n) is 11.9. The van der Waals surface area contributed by atoms with E-state index in [9.17, 15) is 4.79 Å². The van der Waals surface area contributed by atoms with Crippen LogP contribution in [0.25, 0.3) is 0 Å².